The lowest BCUT2D eigenvalue weighted by Crippen LogP contribution is -1.86. The van der Waals surface area contributed by atoms with Gasteiger partial charge in [0.2, 0.25) is 0 Å². The summed E-state index contributed by atoms with van der Waals surface area (Å²) in [6, 6.07) is 27.3. The molecular formula is C21H14N2. The maximum atomic E-state index is 4.85. The third kappa shape index (κ3) is 1.85. The normalized spacial score (nSPS) is 11.5. The molecule has 5 aromatic rings. The van der Waals surface area contributed by atoms with Crippen molar-refractivity contribution in [2.45, 2.75) is 0 Å². The molecule has 2 heteroatoms. The van der Waals surface area contributed by atoms with Crippen molar-refractivity contribution in [2.24, 2.45) is 0 Å². The zero-order valence-electron chi connectivity index (χ0n) is 12.5. The zero-order valence-corrected chi connectivity index (χ0v) is 12.5. The Morgan fingerprint density at radius 1 is 0.652 bits per heavy atom. The molecule has 0 saturated heterocycles. The summed E-state index contributed by atoms with van der Waals surface area (Å²) in [5, 5.41) is 3.67. The summed E-state index contributed by atoms with van der Waals surface area (Å²) in [5.74, 6) is 0. The highest BCUT2D eigenvalue weighted by molar-refractivity contribution is 6.11. The predicted octanol–water partition coefficient (Wildman–Crippen LogP) is 5.54. The number of H-pyrrole nitrogens is 1. The number of hydrogen-bond donors (Lipinski definition) is 1. The van der Waals surface area contributed by atoms with Gasteiger partial charge in [-0.15, -0.1) is 0 Å². The lowest BCUT2D eigenvalue weighted by molar-refractivity contribution is 1.40. The van der Waals surface area contributed by atoms with Crippen LogP contribution in [0.15, 0.2) is 78.9 Å². The molecule has 0 bridgehead atoms. The largest absolute Gasteiger partial charge is 0.354 e. The molecule has 0 amide bonds. The van der Waals surface area contributed by atoms with Crippen molar-refractivity contribution in [3.8, 4) is 11.3 Å². The molecule has 3 aromatic carbocycles. The van der Waals surface area contributed by atoms with Gasteiger partial charge in [0.15, 0.2) is 0 Å². The van der Waals surface area contributed by atoms with Crippen LogP contribution >= 0.6 is 0 Å². The van der Waals surface area contributed by atoms with Crippen molar-refractivity contribution >= 4 is 32.7 Å². The Kier molecular flexibility index (Phi) is 2.53. The first-order chi connectivity index (χ1) is 11.4. The van der Waals surface area contributed by atoms with Gasteiger partial charge in [-0.25, -0.2) is 4.98 Å². The lowest BCUT2D eigenvalue weighted by Gasteiger charge is -2.05. The second kappa shape index (κ2) is 4.68. The molecule has 0 radical (unpaired) electrons. The number of rotatable bonds is 1. The fourth-order valence-corrected chi connectivity index (χ4v) is 3.30. The van der Waals surface area contributed by atoms with Gasteiger partial charge in [0.05, 0.1) is 16.7 Å². The maximum Gasteiger partial charge on any atom is 0.0730 e. The number of fused-ring (bicyclic) bond motifs is 4. The number of para-hydroxylation sites is 3. The third-order valence-corrected chi connectivity index (χ3v) is 4.42. The van der Waals surface area contributed by atoms with Crippen LogP contribution in [0.25, 0.3) is 44.0 Å². The molecule has 5 rings (SSSR count). The number of hydrogen-bond acceptors (Lipinski definition) is 1. The molecule has 0 aliphatic carbocycles. The van der Waals surface area contributed by atoms with Gasteiger partial charge >= 0.3 is 0 Å². The summed E-state index contributed by atoms with van der Waals surface area (Å²) in [7, 11) is 0. The molecule has 1 N–H and O–H groups in total. The fourth-order valence-electron chi connectivity index (χ4n) is 3.30. The van der Waals surface area contributed by atoms with Crippen LogP contribution in [0.3, 0.4) is 0 Å². The molecule has 23 heavy (non-hydrogen) atoms. The van der Waals surface area contributed by atoms with Crippen LogP contribution in [0.5, 0.6) is 0 Å². The van der Waals surface area contributed by atoms with E-state index in [0.29, 0.717) is 0 Å². The second-order valence-electron chi connectivity index (χ2n) is 5.79. The topological polar surface area (TPSA) is 28.7 Å². The summed E-state index contributed by atoms with van der Waals surface area (Å²) < 4.78 is 0. The average molecular weight is 294 g/mol. The van der Waals surface area contributed by atoms with E-state index in [1.165, 1.54) is 16.2 Å². The maximum absolute atomic E-state index is 4.85. The van der Waals surface area contributed by atoms with Crippen molar-refractivity contribution in [1.82, 2.24) is 9.97 Å². The van der Waals surface area contributed by atoms with Crippen LogP contribution in [0.4, 0.5) is 0 Å². The van der Waals surface area contributed by atoms with Gasteiger partial charge in [-0.2, -0.15) is 0 Å². The van der Waals surface area contributed by atoms with Gasteiger partial charge in [-0.05, 0) is 18.2 Å². The molecule has 0 unspecified atom stereocenters. The number of nitrogens with one attached hydrogen (secondary N) is 1. The minimum absolute atomic E-state index is 1.00. The number of benzene rings is 3. The molecule has 2 nitrogen and oxygen atoms in total. The van der Waals surface area contributed by atoms with Gasteiger partial charge in [0.1, 0.15) is 0 Å². The Morgan fingerprint density at radius 2 is 1.48 bits per heavy atom. The van der Waals surface area contributed by atoms with Gasteiger partial charge < -0.3 is 4.98 Å². The number of aromatic nitrogens is 2. The van der Waals surface area contributed by atoms with Crippen molar-refractivity contribution < 1.29 is 0 Å². The Morgan fingerprint density at radius 3 is 2.48 bits per heavy atom. The van der Waals surface area contributed by atoms with Crippen molar-refractivity contribution in [3.63, 3.8) is 0 Å². The van der Waals surface area contributed by atoms with E-state index in [1.54, 1.807) is 0 Å². The van der Waals surface area contributed by atoms with Gasteiger partial charge in [0, 0.05) is 27.2 Å². The second-order valence-corrected chi connectivity index (χ2v) is 5.79. The van der Waals surface area contributed by atoms with E-state index in [0.717, 1.165) is 27.8 Å². The lowest BCUT2D eigenvalue weighted by atomic mass is 10.1. The Bertz CT molecular complexity index is 1170. The van der Waals surface area contributed by atoms with E-state index in [1.807, 2.05) is 12.1 Å². The SMILES string of the molecule is c1ccc2nc(-c3cccc4c3[nH]c3ccccc34)ccc2c1. The molecule has 0 aliphatic heterocycles. The zero-order chi connectivity index (χ0) is 15.2. The molecule has 108 valence electrons. The van der Waals surface area contributed by atoms with Crippen LogP contribution in [-0.4, -0.2) is 9.97 Å². The molecule has 0 saturated carbocycles. The van der Waals surface area contributed by atoms with Gasteiger partial charge in [0.25, 0.3) is 0 Å². The first kappa shape index (κ1) is 12.4. The summed E-state index contributed by atoms with van der Waals surface area (Å²) in [4.78, 5) is 8.40. The average Bonchev–Trinajstić information content (AvgIpc) is 3.00. The Hall–Kier alpha value is -3.13. The summed E-state index contributed by atoms with van der Waals surface area (Å²) in [6.07, 6.45) is 0. The highest BCUT2D eigenvalue weighted by Gasteiger charge is 2.10. The van der Waals surface area contributed by atoms with E-state index < -0.39 is 0 Å². The van der Waals surface area contributed by atoms with Crippen molar-refractivity contribution in [1.29, 1.82) is 0 Å². The molecule has 2 aromatic heterocycles. The highest BCUT2D eigenvalue weighted by Crippen LogP contribution is 2.32. The Balaban J connectivity index is 1.84. The fraction of sp³-hybridized carbons (Fsp3) is 0. The number of pyridine rings is 1. The van der Waals surface area contributed by atoms with Crippen LogP contribution in [0.2, 0.25) is 0 Å². The van der Waals surface area contributed by atoms with Crippen LogP contribution in [-0.2, 0) is 0 Å². The van der Waals surface area contributed by atoms with E-state index in [9.17, 15) is 0 Å². The monoisotopic (exact) mass is 294 g/mol. The summed E-state index contributed by atoms with van der Waals surface area (Å²) in [5.41, 5.74) is 5.48. The van der Waals surface area contributed by atoms with E-state index >= 15 is 0 Å². The van der Waals surface area contributed by atoms with E-state index in [-0.39, 0.29) is 0 Å². The van der Waals surface area contributed by atoms with Gasteiger partial charge in [-0.1, -0.05) is 60.7 Å². The first-order valence-corrected chi connectivity index (χ1v) is 7.76. The van der Waals surface area contributed by atoms with Crippen LogP contribution in [0.1, 0.15) is 0 Å². The van der Waals surface area contributed by atoms with Crippen LogP contribution < -0.4 is 0 Å². The highest BCUT2D eigenvalue weighted by atomic mass is 14.7. The molecule has 2 heterocycles. The standard InChI is InChI=1S/C21H14N2/c1-3-10-18-14(6-1)12-13-20(22-18)17-9-5-8-16-15-7-2-4-11-19(15)23-21(16)17/h1-13,23H. The summed E-state index contributed by atoms with van der Waals surface area (Å²) in [6.45, 7) is 0. The number of aromatic amines is 1. The smallest absolute Gasteiger partial charge is 0.0730 e. The summed E-state index contributed by atoms with van der Waals surface area (Å²) >= 11 is 0. The molecular weight excluding hydrogens is 280 g/mol. The quantitative estimate of drug-likeness (QED) is 0.432. The van der Waals surface area contributed by atoms with Crippen LogP contribution in [0, 0.1) is 0 Å². The Labute approximate surface area is 133 Å². The molecule has 0 spiro atoms. The predicted molar refractivity (Wildman–Crippen MR) is 96.5 cm³/mol. The van der Waals surface area contributed by atoms with E-state index in [4.69, 9.17) is 4.98 Å². The molecule has 0 atom stereocenters. The minimum Gasteiger partial charge on any atom is -0.354 e. The van der Waals surface area contributed by atoms with E-state index in [2.05, 4.69) is 71.7 Å². The van der Waals surface area contributed by atoms with Crippen molar-refractivity contribution in [3.05, 3.63) is 78.9 Å². The minimum atomic E-state index is 1.00. The molecule has 0 fully saturated rings. The van der Waals surface area contributed by atoms with Gasteiger partial charge in [-0.3, -0.25) is 0 Å². The molecule has 0 aliphatic rings. The third-order valence-electron chi connectivity index (χ3n) is 4.42. The van der Waals surface area contributed by atoms with Crippen molar-refractivity contribution in [2.75, 3.05) is 0 Å². The number of nitrogens with zero attached hydrogens (tertiary/aromatic N) is 1. The first-order valence-electron chi connectivity index (χ1n) is 7.76.